The van der Waals surface area contributed by atoms with Gasteiger partial charge in [-0.25, -0.2) is 4.98 Å². The van der Waals surface area contributed by atoms with E-state index in [1.165, 1.54) is 0 Å². The Morgan fingerprint density at radius 1 is 1.41 bits per heavy atom. The fourth-order valence-electron chi connectivity index (χ4n) is 1.80. The van der Waals surface area contributed by atoms with Gasteiger partial charge in [-0.15, -0.1) is 0 Å². The number of halogens is 1. The van der Waals surface area contributed by atoms with Crippen molar-refractivity contribution in [2.24, 2.45) is 7.05 Å². The van der Waals surface area contributed by atoms with Gasteiger partial charge in [0.05, 0.1) is 12.8 Å². The third-order valence-corrected chi connectivity index (χ3v) is 2.85. The Bertz CT molecular complexity index is 544. The average Bonchev–Trinajstić information content (AvgIpc) is 2.58. The molecule has 0 aliphatic rings. The second kappa shape index (κ2) is 4.30. The minimum absolute atomic E-state index is 0.458. The highest BCUT2D eigenvalue weighted by Crippen LogP contribution is 2.35. The number of rotatable bonds is 2. The fraction of sp³-hybridized carbons (Fsp3) is 0.250. The molecule has 2 N–H and O–H groups in total. The third-order valence-electron chi connectivity index (χ3n) is 2.63. The first kappa shape index (κ1) is 11.8. The summed E-state index contributed by atoms with van der Waals surface area (Å²) < 4.78 is 7.14. The number of ether oxygens (including phenoxy) is 1. The maximum atomic E-state index is 6.05. The molecule has 5 heteroatoms. The summed E-state index contributed by atoms with van der Waals surface area (Å²) >= 11 is 6.05. The SMILES string of the molecule is COc1c(C)cc(Cl)cc1-c1cn(C)c(N)n1. The van der Waals surface area contributed by atoms with Crippen molar-refractivity contribution in [1.29, 1.82) is 0 Å². The van der Waals surface area contributed by atoms with E-state index < -0.39 is 0 Å². The summed E-state index contributed by atoms with van der Waals surface area (Å²) in [6.07, 6.45) is 1.85. The first-order valence-corrected chi connectivity index (χ1v) is 5.54. The molecule has 0 bridgehead atoms. The Kier molecular flexibility index (Phi) is 2.98. The molecular formula is C12H14ClN3O. The van der Waals surface area contributed by atoms with Crippen molar-refractivity contribution in [2.45, 2.75) is 6.92 Å². The lowest BCUT2D eigenvalue weighted by Gasteiger charge is -2.10. The van der Waals surface area contributed by atoms with E-state index in [0.29, 0.717) is 11.0 Å². The Labute approximate surface area is 105 Å². The lowest BCUT2D eigenvalue weighted by Crippen LogP contribution is -1.94. The summed E-state index contributed by atoms with van der Waals surface area (Å²) in [7, 11) is 3.47. The van der Waals surface area contributed by atoms with Crippen LogP contribution < -0.4 is 10.5 Å². The highest BCUT2D eigenvalue weighted by molar-refractivity contribution is 6.31. The zero-order valence-corrected chi connectivity index (χ0v) is 10.7. The molecule has 0 unspecified atom stereocenters. The van der Waals surface area contributed by atoms with E-state index in [1.54, 1.807) is 11.7 Å². The Balaban J connectivity index is 2.65. The topological polar surface area (TPSA) is 53.1 Å². The van der Waals surface area contributed by atoms with E-state index in [0.717, 1.165) is 22.6 Å². The quantitative estimate of drug-likeness (QED) is 0.893. The number of anilines is 1. The van der Waals surface area contributed by atoms with Crippen molar-refractivity contribution < 1.29 is 4.74 Å². The van der Waals surface area contributed by atoms with Gasteiger partial charge in [-0.3, -0.25) is 0 Å². The lowest BCUT2D eigenvalue weighted by molar-refractivity contribution is 0.413. The summed E-state index contributed by atoms with van der Waals surface area (Å²) in [5.74, 6) is 1.23. The first-order chi connectivity index (χ1) is 8.02. The summed E-state index contributed by atoms with van der Waals surface area (Å²) in [5, 5.41) is 0.655. The minimum atomic E-state index is 0.458. The monoisotopic (exact) mass is 251 g/mol. The maximum absolute atomic E-state index is 6.05. The van der Waals surface area contributed by atoms with E-state index in [-0.39, 0.29) is 0 Å². The van der Waals surface area contributed by atoms with Crippen molar-refractivity contribution in [3.05, 3.63) is 28.9 Å². The van der Waals surface area contributed by atoms with E-state index >= 15 is 0 Å². The third kappa shape index (κ3) is 2.08. The molecule has 1 aromatic carbocycles. The molecule has 4 nitrogen and oxygen atoms in total. The predicted molar refractivity (Wildman–Crippen MR) is 69.4 cm³/mol. The maximum Gasteiger partial charge on any atom is 0.200 e. The molecule has 0 aliphatic heterocycles. The molecule has 0 amide bonds. The van der Waals surface area contributed by atoms with Crippen LogP contribution in [0.4, 0.5) is 5.95 Å². The number of aryl methyl sites for hydroxylation is 2. The van der Waals surface area contributed by atoms with Crippen LogP contribution in [0.15, 0.2) is 18.3 Å². The van der Waals surface area contributed by atoms with Gasteiger partial charge in [0.2, 0.25) is 0 Å². The zero-order valence-electron chi connectivity index (χ0n) is 9.99. The van der Waals surface area contributed by atoms with Crippen molar-refractivity contribution in [2.75, 3.05) is 12.8 Å². The predicted octanol–water partition coefficient (Wildman–Crippen LogP) is 2.64. The van der Waals surface area contributed by atoms with Crippen LogP contribution in [-0.4, -0.2) is 16.7 Å². The minimum Gasteiger partial charge on any atom is -0.496 e. The number of nitrogens with zero attached hydrogens (tertiary/aromatic N) is 2. The van der Waals surface area contributed by atoms with Gasteiger partial charge < -0.3 is 15.0 Å². The van der Waals surface area contributed by atoms with Crippen LogP contribution in [-0.2, 0) is 7.05 Å². The molecule has 0 fully saturated rings. The number of hydrogen-bond donors (Lipinski definition) is 1. The van der Waals surface area contributed by atoms with Gasteiger partial charge in [-0.1, -0.05) is 11.6 Å². The van der Waals surface area contributed by atoms with Crippen molar-refractivity contribution in [3.63, 3.8) is 0 Å². The lowest BCUT2D eigenvalue weighted by atomic mass is 10.1. The normalized spacial score (nSPS) is 10.6. The zero-order chi connectivity index (χ0) is 12.6. The van der Waals surface area contributed by atoms with Crippen LogP contribution >= 0.6 is 11.6 Å². The number of nitrogen functional groups attached to an aromatic ring is 1. The van der Waals surface area contributed by atoms with Crippen LogP contribution in [0.25, 0.3) is 11.3 Å². The van der Waals surface area contributed by atoms with E-state index in [2.05, 4.69) is 4.98 Å². The average molecular weight is 252 g/mol. The van der Waals surface area contributed by atoms with Gasteiger partial charge in [-0.2, -0.15) is 0 Å². The number of nitrogens with two attached hydrogens (primary N) is 1. The summed E-state index contributed by atoms with van der Waals surface area (Å²) in [6.45, 7) is 1.94. The Hall–Kier alpha value is -1.68. The molecule has 2 aromatic rings. The number of methoxy groups -OCH3 is 1. The molecular weight excluding hydrogens is 238 g/mol. The van der Waals surface area contributed by atoms with Gasteiger partial charge in [0.25, 0.3) is 0 Å². The van der Waals surface area contributed by atoms with Gasteiger partial charge >= 0.3 is 0 Å². The standard InChI is InChI=1S/C12H14ClN3O/c1-7-4-8(13)5-9(11(7)17-3)10-6-16(2)12(14)15-10/h4-6H,1-3H3,(H2,14,15). The smallest absolute Gasteiger partial charge is 0.200 e. The first-order valence-electron chi connectivity index (χ1n) is 5.16. The molecule has 1 heterocycles. The van der Waals surface area contributed by atoms with E-state index in [9.17, 15) is 0 Å². The van der Waals surface area contributed by atoms with Crippen molar-refractivity contribution in [3.8, 4) is 17.0 Å². The summed E-state index contributed by atoms with van der Waals surface area (Å²) in [4.78, 5) is 4.27. The summed E-state index contributed by atoms with van der Waals surface area (Å²) in [5.41, 5.74) is 8.30. The molecule has 90 valence electrons. The molecule has 0 atom stereocenters. The highest BCUT2D eigenvalue weighted by Gasteiger charge is 2.13. The molecule has 17 heavy (non-hydrogen) atoms. The van der Waals surface area contributed by atoms with Crippen molar-refractivity contribution >= 4 is 17.5 Å². The molecule has 0 aliphatic carbocycles. The number of hydrogen-bond acceptors (Lipinski definition) is 3. The number of aromatic nitrogens is 2. The van der Waals surface area contributed by atoms with Crippen LogP contribution in [0.2, 0.25) is 5.02 Å². The Morgan fingerprint density at radius 2 is 2.12 bits per heavy atom. The summed E-state index contributed by atoms with van der Waals surface area (Å²) in [6, 6.07) is 3.69. The van der Waals surface area contributed by atoms with Crippen LogP contribution in [0.1, 0.15) is 5.56 Å². The molecule has 0 saturated carbocycles. The highest BCUT2D eigenvalue weighted by atomic mass is 35.5. The van der Waals surface area contributed by atoms with Crippen LogP contribution in [0, 0.1) is 6.92 Å². The Morgan fingerprint density at radius 3 is 2.65 bits per heavy atom. The number of imidazole rings is 1. The molecule has 0 radical (unpaired) electrons. The van der Waals surface area contributed by atoms with Gasteiger partial charge in [-0.05, 0) is 24.6 Å². The second-order valence-electron chi connectivity index (χ2n) is 3.90. The van der Waals surface area contributed by atoms with Crippen molar-refractivity contribution in [1.82, 2.24) is 9.55 Å². The molecule has 0 spiro atoms. The van der Waals surface area contributed by atoms with E-state index in [1.807, 2.05) is 32.3 Å². The largest absolute Gasteiger partial charge is 0.496 e. The van der Waals surface area contributed by atoms with Crippen LogP contribution in [0.3, 0.4) is 0 Å². The van der Waals surface area contributed by atoms with Gasteiger partial charge in [0, 0.05) is 23.8 Å². The van der Waals surface area contributed by atoms with Crippen LogP contribution in [0.5, 0.6) is 5.75 Å². The van der Waals surface area contributed by atoms with Gasteiger partial charge in [0.15, 0.2) is 5.95 Å². The molecule has 2 rings (SSSR count). The molecule has 1 aromatic heterocycles. The second-order valence-corrected chi connectivity index (χ2v) is 4.34. The molecule has 0 saturated heterocycles. The van der Waals surface area contributed by atoms with E-state index in [4.69, 9.17) is 22.1 Å². The van der Waals surface area contributed by atoms with Gasteiger partial charge in [0.1, 0.15) is 5.75 Å². The fourth-order valence-corrected chi connectivity index (χ4v) is 2.07. The number of benzene rings is 1.